The van der Waals surface area contributed by atoms with Crippen LogP contribution < -0.4 is 0 Å². The fourth-order valence-corrected chi connectivity index (χ4v) is 1.07. The monoisotopic (exact) mass is 215 g/mol. The summed E-state index contributed by atoms with van der Waals surface area (Å²) in [7, 11) is 0. The van der Waals surface area contributed by atoms with Crippen LogP contribution in [0.2, 0.25) is 0 Å². The van der Waals surface area contributed by atoms with Crippen LogP contribution in [0.1, 0.15) is 11.1 Å². The number of alkyl halides is 3. The Balaban J connectivity index is 3.35. The third-order valence-electron chi connectivity index (χ3n) is 1.68. The first-order valence-electron chi connectivity index (χ1n) is 3.88. The van der Waals surface area contributed by atoms with Crippen LogP contribution in [-0.2, 0) is 6.18 Å². The second kappa shape index (κ2) is 4.13. The highest BCUT2D eigenvalue weighted by Crippen LogP contribution is 2.33. The van der Waals surface area contributed by atoms with E-state index >= 15 is 0 Å². The van der Waals surface area contributed by atoms with Crippen molar-refractivity contribution < 1.29 is 17.6 Å². The summed E-state index contributed by atoms with van der Waals surface area (Å²) in [6.07, 6.45) is -3.02. The van der Waals surface area contributed by atoms with Gasteiger partial charge >= 0.3 is 6.18 Å². The number of nitrogens with zero attached hydrogens (tertiary/aromatic N) is 1. The van der Waals surface area contributed by atoms with E-state index in [4.69, 9.17) is 5.26 Å². The van der Waals surface area contributed by atoms with Gasteiger partial charge in [0.2, 0.25) is 0 Å². The van der Waals surface area contributed by atoms with Gasteiger partial charge in [-0.2, -0.15) is 18.4 Å². The highest BCUT2D eigenvalue weighted by atomic mass is 19.4. The van der Waals surface area contributed by atoms with Crippen LogP contribution in [-0.4, -0.2) is 0 Å². The van der Waals surface area contributed by atoms with E-state index in [1.165, 1.54) is 6.07 Å². The molecule has 1 nitrogen and oxygen atoms in total. The Kier molecular flexibility index (Phi) is 3.10. The van der Waals surface area contributed by atoms with Gasteiger partial charge in [0.15, 0.2) is 0 Å². The SMILES string of the molecule is N#C/C=C/c1c(F)cccc1C(F)(F)F. The number of allylic oxidation sites excluding steroid dienone is 1. The zero-order valence-corrected chi connectivity index (χ0v) is 7.35. The Morgan fingerprint density at radius 2 is 1.93 bits per heavy atom. The minimum absolute atomic E-state index is 0.619. The van der Waals surface area contributed by atoms with Crippen molar-refractivity contribution in [1.29, 1.82) is 5.26 Å². The van der Waals surface area contributed by atoms with Crippen LogP contribution in [0.5, 0.6) is 0 Å². The van der Waals surface area contributed by atoms with E-state index in [1.54, 1.807) is 0 Å². The molecule has 0 saturated heterocycles. The molecule has 1 rings (SSSR count). The molecular formula is C10H5F4N. The van der Waals surface area contributed by atoms with Crippen LogP contribution in [0.15, 0.2) is 24.3 Å². The van der Waals surface area contributed by atoms with Crippen LogP contribution in [0.3, 0.4) is 0 Å². The van der Waals surface area contributed by atoms with Gasteiger partial charge in [-0.3, -0.25) is 0 Å². The summed E-state index contributed by atoms with van der Waals surface area (Å²) in [5.74, 6) is -1.00. The Morgan fingerprint density at radius 1 is 1.27 bits per heavy atom. The van der Waals surface area contributed by atoms with Gasteiger partial charge in [0.25, 0.3) is 0 Å². The fraction of sp³-hybridized carbons (Fsp3) is 0.100. The Labute approximate surface area is 83.3 Å². The summed E-state index contributed by atoms with van der Waals surface area (Å²) in [5, 5.41) is 8.17. The molecule has 0 aliphatic heterocycles. The molecule has 0 unspecified atom stereocenters. The average Bonchev–Trinajstić information content (AvgIpc) is 2.14. The molecule has 0 radical (unpaired) electrons. The third-order valence-corrected chi connectivity index (χ3v) is 1.68. The molecule has 0 aromatic heterocycles. The molecule has 0 fully saturated rings. The number of halogens is 4. The largest absolute Gasteiger partial charge is 0.417 e. The minimum Gasteiger partial charge on any atom is -0.206 e. The van der Waals surface area contributed by atoms with Crippen molar-refractivity contribution in [2.45, 2.75) is 6.18 Å². The van der Waals surface area contributed by atoms with Gasteiger partial charge in [-0.15, -0.1) is 0 Å². The Morgan fingerprint density at radius 3 is 2.47 bits per heavy atom. The second-order valence-electron chi connectivity index (χ2n) is 2.66. The van der Waals surface area contributed by atoms with Crippen LogP contribution in [0, 0.1) is 17.1 Å². The first-order chi connectivity index (χ1) is 6.96. The molecule has 0 aliphatic carbocycles. The summed E-state index contributed by atoms with van der Waals surface area (Å²) in [5.41, 5.74) is -1.71. The maximum atomic E-state index is 13.0. The lowest BCUT2D eigenvalue weighted by atomic mass is 10.1. The highest BCUT2D eigenvalue weighted by Gasteiger charge is 2.33. The molecule has 1 aromatic rings. The molecule has 0 amide bonds. The van der Waals surface area contributed by atoms with Gasteiger partial charge in [-0.05, 0) is 18.2 Å². The van der Waals surface area contributed by atoms with Crippen molar-refractivity contribution in [3.8, 4) is 6.07 Å². The van der Waals surface area contributed by atoms with Crippen LogP contribution in [0.4, 0.5) is 17.6 Å². The molecule has 78 valence electrons. The number of hydrogen-bond donors (Lipinski definition) is 0. The quantitative estimate of drug-likeness (QED) is 0.520. The zero-order valence-electron chi connectivity index (χ0n) is 7.35. The van der Waals surface area contributed by atoms with E-state index in [2.05, 4.69) is 0 Å². The van der Waals surface area contributed by atoms with Gasteiger partial charge in [0, 0.05) is 11.6 Å². The summed E-state index contributed by atoms with van der Waals surface area (Å²) in [6, 6.07) is 4.15. The van der Waals surface area contributed by atoms with E-state index in [0.717, 1.165) is 30.4 Å². The molecule has 0 spiro atoms. The van der Waals surface area contributed by atoms with Crippen molar-refractivity contribution in [2.24, 2.45) is 0 Å². The minimum atomic E-state index is -4.63. The predicted molar refractivity (Wildman–Crippen MR) is 46.0 cm³/mol. The first-order valence-corrected chi connectivity index (χ1v) is 3.88. The van der Waals surface area contributed by atoms with E-state index in [9.17, 15) is 17.6 Å². The fourth-order valence-electron chi connectivity index (χ4n) is 1.07. The third kappa shape index (κ3) is 2.56. The molecule has 0 aliphatic rings. The highest BCUT2D eigenvalue weighted by molar-refractivity contribution is 5.57. The van der Waals surface area contributed by atoms with E-state index < -0.39 is 23.1 Å². The van der Waals surface area contributed by atoms with Crippen molar-refractivity contribution in [2.75, 3.05) is 0 Å². The first kappa shape index (κ1) is 11.2. The van der Waals surface area contributed by atoms with E-state index in [1.807, 2.05) is 0 Å². The van der Waals surface area contributed by atoms with Gasteiger partial charge in [0.05, 0.1) is 11.6 Å². The Hall–Kier alpha value is -1.83. The molecule has 0 bridgehead atoms. The standard InChI is InChI=1S/C10H5F4N/c11-9-5-1-4-8(10(12,13)14)7(9)3-2-6-15/h1-5H/b3-2+. The lowest BCUT2D eigenvalue weighted by Crippen LogP contribution is -2.08. The van der Waals surface area contributed by atoms with Crippen molar-refractivity contribution in [3.63, 3.8) is 0 Å². The molecule has 1 aromatic carbocycles. The average molecular weight is 215 g/mol. The number of rotatable bonds is 1. The van der Waals surface area contributed by atoms with Crippen LogP contribution in [0.25, 0.3) is 6.08 Å². The molecule has 0 atom stereocenters. The Bertz CT molecular complexity index is 426. The molecule has 15 heavy (non-hydrogen) atoms. The number of benzene rings is 1. The second-order valence-corrected chi connectivity index (χ2v) is 2.66. The predicted octanol–water partition coefficient (Wildman–Crippen LogP) is 3.38. The summed E-state index contributed by atoms with van der Waals surface area (Å²) in [4.78, 5) is 0. The number of nitriles is 1. The van der Waals surface area contributed by atoms with E-state index in [0.29, 0.717) is 0 Å². The van der Waals surface area contributed by atoms with Gasteiger partial charge < -0.3 is 0 Å². The normalized spacial score (nSPS) is 11.7. The maximum absolute atomic E-state index is 13.0. The summed E-state index contributed by atoms with van der Waals surface area (Å²) >= 11 is 0. The van der Waals surface area contributed by atoms with Gasteiger partial charge in [-0.25, -0.2) is 4.39 Å². The van der Waals surface area contributed by atoms with Crippen molar-refractivity contribution >= 4 is 6.08 Å². The topological polar surface area (TPSA) is 23.8 Å². The number of hydrogen-bond acceptors (Lipinski definition) is 1. The molecule has 0 heterocycles. The molecule has 5 heteroatoms. The summed E-state index contributed by atoms with van der Waals surface area (Å²) < 4.78 is 50.2. The van der Waals surface area contributed by atoms with Crippen molar-refractivity contribution in [1.82, 2.24) is 0 Å². The van der Waals surface area contributed by atoms with E-state index in [-0.39, 0.29) is 0 Å². The van der Waals surface area contributed by atoms with Gasteiger partial charge in [-0.1, -0.05) is 6.07 Å². The summed E-state index contributed by atoms with van der Waals surface area (Å²) in [6.45, 7) is 0. The smallest absolute Gasteiger partial charge is 0.206 e. The molecule has 0 N–H and O–H groups in total. The molecule has 0 saturated carbocycles. The van der Waals surface area contributed by atoms with Crippen LogP contribution >= 0.6 is 0 Å². The molecular weight excluding hydrogens is 210 g/mol. The lowest BCUT2D eigenvalue weighted by molar-refractivity contribution is -0.137. The lowest BCUT2D eigenvalue weighted by Gasteiger charge is -2.10. The zero-order chi connectivity index (χ0) is 11.5. The van der Waals surface area contributed by atoms with Gasteiger partial charge in [0.1, 0.15) is 5.82 Å². The van der Waals surface area contributed by atoms with Crippen molar-refractivity contribution in [3.05, 3.63) is 41.2 Å². The maximum Gasteiger partial charge on any atom is 0.417 e.